The van der Waals surface area contributed by atoms with Crippen molar-refractivity contribution >= 4 is 5.97 Å². The van der Waals surface area contributed by atoms with Gasteiger partial charge in [-0.3, -0.25) is 4.79 Å². The minimum atomic E-state index is -1.03. The number of rotatable bonds is 5. The number of carbonyl (C=O) groups is 1. The molecule has 0 aliphatic heterocycles. The third-order valence-electron chi connectivity index (χ3n) is 2.05. The van der Waals surface area contributed by atoms with Crippen LogP contribution in [-0.4, -0.2) is 28.9 Å². The molecule has 0 aliphatic carbocycles. The van der Waals surface area contributed by atoms with Crippen LogP contribution in [0.2, 0.25) is 0 Å². The summed E-state index contributed by atoms with van der Waals surface area (Å²) in [5.74, 6) is -0.376. The van der Waals surface area contributed by atoms with Gasteiger partial charge < -0.3 is 14.9 Å². The number of aliphatic hydroxyl groups excluding tert-OH is 1. The SMILES string of the molecule is Cc1cc(C)cc(OCC(O)CC(=O)O)c1. The van der Waals surface area contributed by atoms with Gasteiger partial charge in [0.05, 0.1) is 12.5 Å². The predicted octanol–water partition coefficient (Wildman–Crippen LogP) is 1.52. The van der Waals surface area contributed by atoms with Crippen LogP contribution >= 0.6 is 0 Å². The molecule has 0 aliphatic rings. The summed E-state index contributed by atoms with van der Waals surface area (Å²) in [6.07, 6.45) is -1.27. The maximum Gasteiger partial charge on any atom is 0.306 e. The normalized spacial score (nSPS) is 12.2. The van der Waals surface area contributed by atoms with Crippen LogP contribution in [0.4, 0.5) is 0 Å². The van der Waals surface area contributed by atoms with Gasteiger partial charge in [-0.1, -0.05) is 6.07 Å². The number of ether oxygens (including phenoxy) is 1. The average Bonchev–Trinajstić information content (AvgIpc) is 2.12. The van der Waals surface area contributed by atoms with Crippen molar-refractivity contribution in [2.45, 2.75) is 26.4 Å². The molecule has 0 radical (unpaired) electrons. The predicted molar refractivity (Wildman–Crippen MR) is 59.7 cm³/mol. The molecule has 16 heavy (non-hydrogen) atoms. The largest absolute Gasteiger partial charge is 0.491 e. The monoisotopic (exact) mass is 224 g/mol. The number of carboxylic acid groups (broad SMARTS) is 1. The molecule has 1 aromatic rings. The number of hydrogen-bond acceptors (Lipinski definition) is 3. The van der Waals surface area contributed by atoms with Gasteiger partial charge in [-0.25, -0.2) is 0 Å². The number of aryl methyl sites for hydroxylation is 2. The van der Waals surface area contributed by atoms with Gasteiger partial charge in [0.2, 0.25) is 0 Å². The third kappa shape index (κ3) is 4.31. The summed E-state index contributed by atoms with van der Waals surface area (Å²) in [6.45, 7) is 3.90. The van der Waals surface area contributed by atoms with Crippen LogP contribution in [0.15, 0.2) is 18.2 Å². The molecule has 1 rings (SSSR count). The first kappa shape index (κ1) is 12.5. The second-order valence-corrected chi connectivity index (χ2v) is 3.89. The van der Waals surface area contributed by atoms with E-state index in [2.05, 4.69) is 0 Å². The van der Waals surface area contributed by atoms with Gasteiger partial charge in [0.25, 0.3) is 0 Å². The first-order chi connectivity index (χ1) is 7.47. The van der Waals surface area contributed by atoms with Gasteiger partial charge in [0.15, 0.2) is 0 Å². The van der Waals surface area contributed by atoms with Crippen LogP contribution in [-0.2, 0) is 4.79 Å². The second kappa shape index (κ2) is 5.51. The molecule has 0 bridgehead atoms. The topological polar surface area (TPSA) is 66.8 Å². The fourth-order valence-electron chi connectivity index (χ4n) is 1.47. The van der Waals surface area contributed by atoms with Crippen LogP contribution in [0.5, 0.6) is 5.75 Å². The highest BCUT2D eigenvalue weighted by Crippen LogP contribution is 2.16. The Bertz CT molecular complexity index is 353. The quantitative estimate of drug-likeness (QED) is 0.795. The Hall–Kier alpha value is -1.55. The molecule has 0 fully saturated rings. The molecule has 0 aromatic heterocycles. The molecule has 4 nitrogen and oxygen atoms in total. The van der Waals surface area contributed by atoms with E-state index in [1.807, 2.05) is 32.0 Å². The van der Waals surface area contributed by atoms with E-state index >= 15 is 0 Å². The lowest BCUT2D eigenvalue weighted by atomic mass is 10.1. The van der Waals surface area contributed by atoms with Crippen molar-refractivity contribution in [3.8, 4) is 5.75 Å². The van der Waals surface area contributed by atoms with Crippen molar-refractivity contribution in [3.63, 3.8) is 0 Å². The van der Waals surface area contributed by atoms with Gasteiger partial charge in [-0.15, -0.1) is 0 Å². The number of carboxylic acids is 1. The zero-order valence-corrected chi connectivity index (χ0v) is 9.43. The van der Waals surface area contributed by atoms with Crippen molar-refractivity contribution in [1.29, 1.82) is 0 Å². The fraction of sp³-hybridized carbons (Fsp3) is 0.417. The summed E-state index contributed by atoms with van der Waals surface area (Å²) in [4.78, 5) is 10.3. The van der Waals surface area contributed by atoms with E-state index in [0.29, 0.717) is 5.75 Å². The summed E-state index contributed by atoms with van der Waals surface area (Å²) in [5.41, 5.74) is 2.14. The fourth-order valence-corrected chi connectivity index (χ4v) is 1.47. The van der Waals surface area contributed by atoms with Crippen molar-refractivity contribution in [2.75, 3.05) is 6.61 Å². The number of aliphatic hydroxyl groups is 1. The molecule has 0 saturated carbocycles. The van der Waals surface area contributed by atoms with E-state index < -0.39 is 12.1 Å². The molecule has 1 atom stereocenters. The molecule has 0 spiro atoms. The Morgan fingerprint density at radius 2 is 1.88 bits per heavy atom. The highest BCUT2D eigenvalue weighted by molar-refractivity contribution is 5.67. The Balaban J connectivity index is 2.51. The highest BCUT2D eigenvalue weighted by Gasteiger charge is 2.10. The first-order valence-electron chi connectivity index (χ1n) is 5.08. The molecule has 4 heteroatoms. The van der Waals surface area contributed by atoms with Crippen LogP contribution in [0.1, 0.15) is 17.5 Å². The Kier molecular flexibility index (Phi) is 4.31. The summed E-state index contributed by atoms with van der Waals surface area (Å²) in [7, 11) is 0. The Labute approximate surface area is 94.5 Å². The number of hydrogen-bond donors (Lipinski definition) is 2. The molecule has 0 saturated heterocycles. The Morgan fingerprint density at radius 1 is 1.31 bits per heavy atom. The molecule has 0 heterocycles. The Morgan fingerprint density at radius 3 is 2.38 bits per heavy atom. The summed E-state index contributed by atoms with van der Waals surface area (Å²) >= 11 is 0. The summed E-state index contributed by atoms with van der Waals surface area (Å²) in [5, 5.41) is 17.8. The van der Waals surface area contributed by atoms with E-state index in [1.54, 1.807) is 0 Å². The van der Waals surface area contributed by atoms with Crippen molar-refractivity contribution in [1.82, 2.24) is 0 Å². The summed E-state index contributed by atoms with van der Waals surface area (Å²) < 4.78 is 5.32. The second-order valence-electron chi connectivity index (χ2n) is 3.89. The lowest BCUT2D eigenvalue weighted by Crippen LogP contribution is -2.21. The molecular formula is C12H16O4. The zero-order chi connectivity index (χ0) is 12.1. The van der Waals surface area contributed by atoms with E-state index in [4.69, 9.17) is 9.84 Å². The number of aliphatic carboxylic acids is 1. The van der Waals surface area contributed by atoms with Gasteiger partial charge in [-0.2, -0.15) is 0 Å². The van der Waals surface area contributed by atoms with Crippen molar-refractivity contribution < 1.29 is 19.7 Å². The minimum Gasteiger partial charge on any atom is -0.491 e. The van der Waals surface area contributed by atoms with Crippen LogP contribution in [0.3, 0.4) is 0 Å². The van der Waals surface area contributed by atoms with Crippen LogP contribution in [0, 0.1) is 13.8 Å². The molecule has 2 N–H and O–H groups in total. The molecule has 1 unspecified atom stereocenters. The van der Waals surface area contributed by atoms with E-state index in [-0.39, 0.29) is 13.0 Å². The molecule has 0 amide bonds. The zero-order valence-electron chi connectivity index (χ0n) is 9.43. The van der Waals surface area contributed by atoms with Gasteiger partial charge in [0.1, 0.15) is 12.4 Å². The number of benzene rings is 1. The van der Waals surface area contributed by atoms with Crippen molar-refractivity contribution in [2.24, 2.45) is 0 Å². The minimum absolute atomic E-state index is 0.00477. The maximum absolute atomic E-state index is 10.3. The van der Waals surface area contributed by atoms with Gasteiger partial charge in [-0.05, 0) is 37.1 Å². The van der Waals surface area contributed by atoms with E-state index in [9.17, 15) is 9.90 Å². The highest BCUT2D eigenvalue weighted by atomic mass is 16.5. The van der Waals surface area contributed by atoms with Crippen LogP contribution < -0.4 is 4.74 Å². The average molecular weight is 224 g/mol. The molecule has 88 valence electrons. The lowest BCUT2D eigenvalue weighted by molar-refractivity contribution is -0.139. The first-order valence-corrected chi connectivity index (χ1v) is 5.08. The standard InChI is InChI=1S/C12H16O4/c1-8-3-9(2)5-11(4-8)16-7-10(13)6-12(14)15/h3-5,10,13H,6-7H2,1-2H3,(H,14,15). The smallest absolute Gasteiger partial charge is 0.306 e. The molecule has 1 aromatic carbocycles. The van der Waals surface area contributed by atoms with E-state index in [1.165, 1.54) is 0 Å². The molecular weight excluding hydrogens is 208 g/mol. The van der Waals surface area contributed by atoms with Gasteiger partial charge >= 0.3 is 5.97 Å². The van der Waals surface area contributed by atoms with Crippen LogP contribution in [0.25, 0.3) is 0 Å². The maximum atomic E-state index is 10.3. The lowest BCUT2D eigenvalue weighted by Gasteiger charge is -2.11. The van der Waals surface area contributed by atoms with Gasteiger partial charge in [0, 0.05) is 0 Å². The van der Waals surface area contributed by atoms with Crippen molar-refractivity contribution in [3.05, 3.63) is 29.3 Å². The third-order valence-corrected chi connectivity index (χ3v) is 2.05. The summed E-state index contributed by atoms with van der Waals surface area (Å²) in [6, 6.07) is 5.71. The van der Waals surface area contributed by atoms with E-state index in [0.717, 1.165) is 11.1 Å².